The summed E-state index contributed by atoms with van der Waals surface area (Å²) in [6, 6.07) is 13.6. The number of hydrogen-bond donors (Lipinski definition) is 0. The smallest absolute Gasteiger partial charge is 0.192 e. The average Bonchev–Trinajstić information content (AvgIpc) is 2.63. The van der Waals surface area contributed by atoms with Gasteiger partial charge in [-0.1, -0.05) is 57.2 Å². The minimum atomic E-state index is -1.66. The van der Waals surface area contributed by atoms with Crippen LogP contribution in [0, 0.1) is 0 Å². The molecule has 4 heteroatoms. The van der Waals surface area contributed by atoms with E-state index in [0.717, 1.165) is 31.0 Å². The van der Waals surface area contributed by atoms with Crippen molar-refractivity contribution in [3.05, 3.63) is 48.0 Å². The standard InChI is InChI=1S/C21H34O3Si/c1-5-25(6-2,7-3)24-21(15-11-12-19(4)22)16-17-23-18-20-13-9-8-10-14-20/h8-14,21H,5-7,15-18H2,1-4H3/b12-11+/t21-/m1/s1. The Kier molecular flexibility index (Phi) is 10.6. The summed E-state index contributed by atoms with van der Waals surface area (Å²) in [6.07, 6.45) is 5.38. The Labute approximate surface area is 154 Å². The van der Waals surface area contributed by atoms with E-state index in [2.05, 4.69) is 32.9 Å². The highest BCUT2D eigenvalue weighted by molar-refractivity contribution is 6.73. The molecule has 0 unspecified atom stereocenters. The number of carbonyl (C=O) groups is 1. The predicted molar refractivity (Wildman–Crippen MR) is 107 cm³/mol. The maximum absolute atomic E-state index is 11.2. The van der Waals surface area contributed by atoms with Crippen molar-refractivity contribution in [3.8, 4) is 0 Å². The quantitative estimate of drug-likeness (QED) is 0.263. The van der Waals surface area contributed by atoms with Crippen molar-refractivity contribution < 1.29 is 14.0 Å². The zero-order chi connectivity index (χ0) is 18.5. The van der Waals surface area contributed by atoms with Crippen LogP contribution >= 0.6 is 0 Å². The first-order chi connectivity index (χ1) is 12.0. The molecule has 1 atom stereocenters. The van der Waals surface area contributed by atoms with Gasteiger partial charge in [-0.25, -0.2) is 0 Å². The molecular weight excluding hydrogens is 328 g/mol. The Morgan fingerprint density at radius 1 is 1.12 bits per heavy atom. The molecule has 3 nitrogen and oxygen atoms in total. The second-order valence-electron chi connectivity index (χ2n) is 6.56. The lowest BCUT2D eigenvalue weighted by molar-refractivity contribution is -0.112. The third-order valence-electron chi connectivity index (χ3n) is 4.80. The number of ether oxygens (including phenoxy) is 1. The molecule has 0 aliphatic rings. The van der Waals surface area contributed by atoms with Gasteiger partial charge in [0.15, 0.2) is 14.1 Å². The molecule has 0 amide bonds. The van der Waals surface area contributed by atoms with Crippen LogP contribution in [0.3, 0.4) is 0 Å². The minimum Gasteiger partial charge on any atom is -0.414 e. The molecule has 1 rings (SSSR count). The van der Waals surface area contributed by atoms with Crippen LogP contribution in [-0.4, -0.2) is 26.8 Å². The van der Waals surface area contributed by atoms with Gasteiger partial charge in [-0.2, -0.15) is 0 Å². The molecule has 0 radical (unpaired) electrons. The van der Waals surface area contributed by atoms with Crippen LogP contribution in [0.2, 0.25) is 18.1 Å². The zero-order valence-electron chi connectivity index (χ0n) is 16.3. The van der Waals surface area contributed by atoms with Crippen molar-refractivity contribution in [2.75, 3.05) is 6.61 Å². The third-order valence-corrected chi connectivity index (χ3v) is 9.50. The molecule has 0 saturated carbocycles. The largest absolute Gasteiger partial charge is 0.414 e. The number of rotatable bonds is 13. The molecule has 0 fully saturated rings. The van der Waals surface area contributed by atoms with Crippen molar-refractivity contribution in [2.24, 2.45) is 0 Å². The summed E-state index contributed by atoms with van der Waals surface area (Å²) in [7, 11) is -1.66. The van der Waals surface area contributed by atoms with E-state index in [1.54, 1.807) is 13.0 Å². The summed E-state index contributed by atoms with van der Waals surface area (Å²) in [4.78, 5) is 11.2. The lowest BCUT2D eigenvalue weighted by Gasteiger charge is -2.33. The van der Waals surface area contributed by atoms with Gasteiger partial charge in [0.1, 0.15) is 0 Å². The summed E-state index contributed by atoms with van der Waals surface area (Å²) < 4.78 is 12.5. The van der Waals surface area contributed by atoms with Crippen LogP contribution in [0.1, 0.15) is 46.1 Å². The van der Waals surface area contributed by atoms with Crippen molar-refractivity contribution in [2.45, 2.75) is 71.4 Å². The second kappa shape index (κ2) is 12.2. The highest BCUT2D eigenvalue weighted by atomic mass is 28.4. The lowest BCUT2D eigenvalue weighted by atomic mass is 10.2. The van der Waals surface area contributed by atoms with E-state index >= 15 is 0 Å². The summed E-state index contributed by atoms with van der Waals surface area (Å²) in [6.45, 7) is 9.62. The molecule has 0 aliphatic heterocycles. The molecule has 0 N–H and O–H groups in total. The second-order valence-corrected chi connectivity index (χ2v) is 11.3. The van der Waals surface area contributed by atoms with Crippen molar-refractivity contribution in [1.29, 1.82) is 0 Å². The van der Waals surface area contributed by atoms with Gasteiger partial charge in [0.2, 0.25) is 0 Å². The van der Waals surface area contributed by atoms with E-state index in [9.17, 15) is 4.79 Å². The summed E-state index contributed by atoms with van der Waals surface area (Å²) in [5, 5.41) is 0. The van der Waals surface area contributed by atoms with E-state index in [4.69, 9.17) is 9.16 Å². The topological polar surface area (TPSA) is 35.5 Å². The van der Waals surface area contributed by atoms with Crippen LogP contribution in [0.15, 0.2) is 42.5 Å². The molecule has 0 aromatic heterocycles. The summed E-state index contributed by atoms with van der Waals surface area (Å²) >= 11 is 0. The van der Waals surface area contributed by atoms with Gasteiger partial charge in [0, 0.05) is 6.61 Å². The van der Waals surface area contributed by atoms with E-state index in [0.29, 0.717) is 13.2 Å². The van der Waals surface area contributed by atoms with Gasteiger partial charge in [-0.3, -0.25) is 4.79 Å². The van der Waals surface area contributed by atoms with Gasteiger partial charge in [0.05, 0.1) is 12.7 Å². The van der Waals surface area contributed by atoms with Crippen LogP contribution in [0.4, 0.5) is 0 Å². The van der Waals surface area contributed by atoms with Gasteiger partial charge in [-0.05, 0) is 49.5 Å². The van der Waals surface area contributed by atoms with Crippen molar-refractivity contribution >= 4 is 14.1 Å². The fourth-order valence-electron chi connectivity index (χ4n) is 2.94. The van der Waals surface area contributed by atoms with E-state index < -0.39 is 8.32 Å². The molecule has 1 aromatic rings. The van der Waals surface area contributed by atoms with Crippen LogP contribution in [-0.2, 0) is 20.6 Å². The summed E-state index contributed by atoms with van der Waals surface area (Å²) in [5.41, 5.74) is 1.19. The maximum atomic E-state index is 11.2. The molecule has 1 aromatic carbocycles. The minimum absolute atomic E-state index is 0.0871. The van der Waals surface area contributed by atoms with E-state index in [1.807, 2.05) is 24.3 Å². The van der Waals surface area contributed by atoms with E-state index in [-0.39, 0.29) is 11.9 Å². The molecule has 0 spiro atoms. The molecular formula is C21H34O3Si. The summed E-state index contributed by atoms with van der Waals surface area (Å²) in [5.74, 6) is 0.0871. The van der Waals surface area contributed by atoms with Gasteiger partial charge in [-0.15, -0.1) is 0 Å². The molecule has 25 heavy (non-hydrogen) atoms. The molecule has 0 saturated heterocycles. The first-order valence-electron chi connectivity index (χ1n) is 9.51. The third kappa shape index (κ3) is 8.61. The lowest BCUT2D eigenvalue weighted by Crippen LogP contribution is -2.40. The fourth-order valence-corrected chi connectivity index (χ4v) is 5.86. The first kappa shape index (κ1) is 21.8. The van der Waals surface area contributed by atoms with Gasteiger partial charge in [0.25, 0.3) is 0 Å². The normalized spacial score (nSPS) is 13.3. The Hall–Kier alpha value is -1.23. The molecule has 140 valence electrons. The number of benzene rings is 1. The first-order valence-corrected chi connectivity index (χ1v) is 12.0. The van der Waals surface area contributed by atoms with Crippen LogP contribution in [0.5, 0.6) is 0 Å². The van der Waals surface area contributed by atoms with Crippen molar-refractivity contribution in [1.82, 2.24) is 0 Å². The molecule has 0 aliphatic carbocycles. The number of ketones is 1. The van der Waals surface area contributed by atoms with E-state index in [1.165, 1.54) is 5.56 Å². The Balaban J connectivity index is 2.56. The average molecular weight is 363 g/mol. The number of carbonyl (C=O) groups excluding carboxylic acids is 1. The number of allylic oxidation sites excluding steroid dienone is 1. The SMILES string of the molecule is CC[Si](CC)(CC)O[C@H](C/C=C/C(C)=O)CCOCc1ccccc1. The zero-order valence-corrected chi connectivity index (χ0v) is 17.3. The number of hydrogen-bond acceptors (Lipinski definition) is 3. The van der Waals surface area contributed by atoms with Gasteiger partial charge < -0.3 is 9.16 Å². The molecule has 0 heterocycles. The highest BCUT2D eigenvalue weighted by Crippen LogP contribution is 2.25. The van der Waals surface area contributed by atoms with Crippen LogP contribution in [0.25, 0.3) is 0 Å². The Morgan fingerprint density at radius 3 is 2.32 bits per heavy atom. The maximum Gasteiger partial charge on any atom is 0.192 e. The fraction of sp³-hybridized carbons (Fsp3) is 0.571. The predicted octanol–water partition coefficient (Wildman–Crippen LogP) is 5.52. The monoisotopic (exact) mass is 362 g/mol. The molecule has 0 bridgehead atoms. The Bertz CT molecular complexity index is 501. The Morgan fingerprint density at radius 2 is 1.76 bits per heavy atom. The van der Waals surface area contributed by atoms with Crippen LogP contribution < -0.4 is 0 Å². The van der Waals surface area contributed by atoms with Crippen molar-refractivity contribution in [3.63, 3.8) is 0 Å². The highest BCUT2D eigenvalue weighted by Gasteiger charge is 2.31. The van der Waals surface area contributed by atoms with Gasteiger partial charge >= 0.3 is 0 Å².